The zero-order valence-electron chi connectivity index (χ0n) is 20.3. The van der Waals surface area contributed by atoms with E-state index in [9.17, 15) is 9.59 Å². The number of nitriles is 1. The van der Waals surface area contributed by atoms with E-state index >= 15 is 0 Å². The Balaban J connectivity index is 0.000000194. The fourth-order valence-electron chi connectivity index (χ4n) is 4.18. The van der Waals surface area contributed by atoms with Crippen molar-refractivity contribution in [1.82, 2.24) is 19.5 Å². The second-order valence-electron chi connectivity index (χ2n) is 8.44. The molecule has 13 heteroatoms. The van der Waals surface area contributed by atoms with Crippen LogP contribution in [0.4, 0.5) is 17.6 Å². The molecule has 0 atom stereocenters. The van der Waals surface area contributed by atoms with Crippen molar-refractivity contribution in [2.75, 3.05) is 29.5 Å². The molecule has 1 fully saturated rings. The van der Waals surface area contributed by atoms with E-state index in [4.69, 9.17) is 45.7 Å². The summed E-state index contributed by atoms with van der Waals surface area (Å²) in [5, 5.41) is 9.82. The molecule has 1 saturated heterocycles. The van der Waals surface area contributed by atoms with Gasteiger partial charge in [0.2, 0.25) is 11.9 Å². The van der Waals surface area contributed by atoms with Crippen molar-refractivity contribution < 1.29 is 4.79 Å². The van der Waals surface area contributed by atoms with Crippen molar-refractivity contribution in [2.24, 2.45) is 5.73 Å². The van der Waals surface area contributed by atoms with Gasteiger partial charge in [0.05, 0.1) is 26.6 Å². The summed E-state index contributed by atoms with van der Waals surface area (Å²) in [6.07, 6.45) is 2.21. The minimum Gasteiger partial charge on any atom is -0.382 e. The zero-order valence-corrected chi connectivity index (χ0v) is 21.8. The molecule has 0 saturated carbocycles. The second-order valence-corrected chi connectivity index (χ2v) is 9.25. The van der Waals surface area contributed by atoms with E-state index in [2.05, 4.69) is 15.0 Å². The lowest BCUT2D eigenvalue weighted by Gasteiger charge is -2.18. The zero-order chi connectivity index (χ0) is 27.6. The smallest absolute Gasteiger partial charge is 0.267 e. The summed E-state index contributed by atoms with van der Waals surface area (Å²) in [5.41, 5.74) is 17.5. The normalized spacial score (nSPS) is 12.6. The summed E-state index contributed by atoms with van der Waals surface area (Å²) in [4.78, 5) is 38.5. The fraction of sp³-hybridized carbons (Fsp3) is 0.200. The topological polar surface area (TPSA) is 183 Å². The Morgan fingerprint density at radius 3 is 2.39 bits per heavy atom. The first-order chi connectivity index (χ1) is 18.1. The summed E-state index contributed by atoms with van der Waals surface area (Å²) in [7, 11) is 0. The molecule has 4 aromatic rings. The number of hydrogen-bond acceptors (Lipinski definition) is 9. The van der Waals surface area contributed by atoms with Crippen LogP contribution in [0, 0.1) is 18.3 Å². The molecule has 1 amide bonds. The number of carbonyl (C=O) groups is 1. The first kappa shape index (κ1) is 26.7. The van der Waals surface area contributed by atoms with Gasteiger partial charge in [-0.3, -0.25) is 14.2 Å². The maximum absolute atomic E-state index is 12.9. The van der Waals surface area contributed by atoms with Crippen molar-refractivity contribution in [1.29, 1.82) is 5.26 Å². The third kappa shape index (κ3) is 5.18. The van der Waals surface area contributed by atoms with Crippen LogP contribution in [0.25, 0.3) is 16.6 Å². The predicted octanol–water partition coefficient (Wildman–Crippen LogP) is 3.21. The Morgan fingerprint density at radius 1 is 1.05 bits per heavy atom. The van der Waals surface area contributed by atoms with Crippen molar-refractivity contribution in [2.45, 2.75) is 19.8 Å². The monoisotopic (exact) mass is 551 g/mol. The van der Waals surface area contributed by atoms with Crippen LogP contribution in [0.15, 0.2) is 41.2 Å². The average Bonchev–Trinajstić information content (AvgIpc) is 3.41. The molecule has 5 rings (SSSR count). The average molecular weight is 552 g/mol. The number of aryl methyl sites for hydroxylation is 1. The summed E-state index contributed by atoms with van der Waals surface area (Å²) >= 11 is 12.2. The number of rotatable bonds is 3. The second kappa shape index (κ2) is 10.9. The largest absolute Gasteiger partial charge is 0.382 e. The molecule has 0 bridgehead atoms. The molecular formula is C25H23Cl2N9O2. The van der Waals surface area contributed by atoms with Gasteiger partial charge in [0.15, 0.2) is 5.82 Å². The number of primary amides is 1. The molecule has 6 N–H and O–H groups in total. The molecule has 2 aromatic heterocycles. The van der Waals surface area contributed by atoms with Gasteiger partial charge in [0.25, 0.3) is 5.56 Å². The fourth-order valence-corrected chi connectivity index (χ4v) is 4.61. The highest BCUT2D eigenvalue weighted by Gasteiger charge is 2.20. The molecule has 0 aliphatic carbocycles. The van der Waals surface area contributed by atoms with Crippen LogP contribution < -0.4 is 27.7 Å². The molecule has 2 aromatic carbocycles. The van der Waals surface area contributed by atoms with Gasteiger partial charge in [0, 0.05) is 18.7 Å². The van der Waals surface area contributed by atoms with E-state index in [1.54, 1.807) is 37.3 Å². The molecule has 0 radical (unpaired) electrons. The Morgan fingerprint density at radius 2 is 1.74 bits per heavy atom. The van der Waals surface area contributed by atoms with Gasteiger partial charge in [-0.1, -0.05) is 29.3 Å². The SMILES string of the molecule is Cc1nc2c(Cl)ccc(Cl)c2c(=O)n1-c1cccc(C(N)=O)c1.N#Cc1c(N)nc(N)nc1N1CCCC1. The highest BCUT2D eigenvalue weighted by atomic mass is 35.5. The molecule has 0 spiro atoms. The molecule has 194 valence electrons. The van der Waals surface area contributed by atoms with Crippen molar-refractivity contribution in [3.05, 3.63) is 73.7 Å². The lowest BCUT2D eigenvalue weighted by atomic mass is 10.1. The number of nitrogens with two attached hydrogens (primary N) is 3. The lowest BCUT2D eigenvalue weighted by molar-refractivity contribution is 0.1000. The summed E-state index contributed by atoms with van der Waals surface area (Å²) in [5.74, 6) is 0.695. The Bertz CT molecular complexity index is 1660. The van der Waals surface area contributed by atoms with Crippen molar-refractivity contribution in [3.63, 3.8) is 0 Å². The minimum atomic E-state index is -0.577. The maximum Gasteiger partial charge on any atom is 0.267 e. The van der Waals surface area contributed by atoms with E-state index in [0.717, 1.165) is 25.9 Å². The highest BCUT2D eigenvalue weighted by Crippen LogP contribution is 2.27. The third-order valence-corrected chi connectivity index (χ3v) is 6.55. The van der Waals surface area contributed by atoms with Gasteiger partial charge >= 0.3 is 0 Å². The molecule has 38 heavy (non-hydrogen) atoms. The predicted molar refractivity (Wildman–Crippen MR) is 148 cm³/mol. The van der Waals surface area contributed by atoms with E-state index < -0.39 is 5.91 Å². The third-order valence-electron chi connectivity index (χ3n) is 5.93. The Hall–Kier alpha value is -4.40. The highest BCUT2D eigenvalue weighted by molar-refractivity contribution is 6.39. The van der Waals surface area contributed by atoms with Crippen molar-refractivity contribution >= 4 is 57.6 Å². The van der Waals surface area contributed by atoms with Crippen LogP contribution in [-0.4, -0.2) is 38.5 Å². The molecule has 3 heterocycles. The minimum absolute atomic E-state index is 0.119. The van der Waals surface area contributed by atoms with Gasteiger partial charge in [0.1, 0.15) is 23.3 Å². The number of fused-ring (bicyclic) bond motifs is 1. The summed E-state index contributed by atoms with van der Waals surface area (Å²) in [6, 6.07) is 11.6. The number of anilines is 3. The quantitative estimate of drug-likeness (QED) is 0.343. The molecule has 11 nitrogen and oxygen atoms in total. The summed E-state index contributed by atoms with van der Waals surface area (Å²) < 4.78 is 1.37. The first-order valence-electron chi connectivity index (χ1n) is 11.5. The molecule has 1 aliphatic heterocycles. The van der Waals surface area contributed by atoms with Gasteiger partial charge in [-0.25, -0.2) is 4.98 Å². The first-order valence-corrected chi connectivity index (χ1v) is 12.2. The van der Waals surface area contributed by atoms with Gasteiger partial charge in [-0.05, 0) is 50.1 Å². The maximum atomic E-state index is 12.9. The number of benzene rings is 2. The van der Waals surface area contributed by atoms with Crippen molar-refractivity contribution in [3.8, 4) is 11.8 Å². The Kier molecular flexibility index (Phi) is 7.66. The standard InChI is InChI=1S/C16H11Cl2N3O2.C9H12N6/c1-8-20-14-12(18)6-5-11(17)13(14)16(23)21(8)10-4-2-3-9(7-10)15(19)22;10-5-6-7(11)13-9(12)14-8(6)15-3-1-2-4-15/h2-7H,1H3,(H2,19,22);1-4H2,(H4,11,12,13,14). The van der Waals surface area contributed by atoms with Crippen LogP contribution in [0.2, 0.25) is 10.0 Å². The van der Waals surface area contributed by atoms with E-state index in [-0.39, 0.29) is 27.7 Å². The van der Waals surface area contributed by atoms with E-state index in [1.807, 2.05) is 11.0 Å². The number of nitrogen functional groups attached to an aromatic ring is 2. The molecule has 1 aliphatic rings. The number of halogens is 2. The van der Waals surface area contributed by atoms with Gasteiger partial charge in [-0.15, -0.1) is 0 Å². The lowest BCUT2D eigenvalue weighted by Crippen LogP contribution is -2.23. The number of nitrogens with zero attached hydrogens (tertiary/aromatic N) is 6. The number of aromatic nitrogens is 4. The number of carbonyl (C=O) groups excluding carboxylic acids is 1. The van der Waals surface area contributed by atoms with E-state index in [1.165, 1.54) is 10.6 Å². The molecular weight excluding hydrogens is 529 g/mol. The van der Waals surface area contributed by atoms with Gasteiger partial charge in [-0.2, -0.15) is 15.2 Å². The van der Waals surface area contributed by atoms with Crippen LogP contribution >= 0.6 is 23.2 Å². The van der Waals surface area contributed by atoms with Gasteiger partial charge < -0.3 is 22.1 Å². The van der Waals surface area contributed by atoms with Crippen LogP contribution in [0.3, 0.4) is 0 Å². The number of hydrogen-bond donors (Lipinski definition) is 3. The van der Waals surface area contributed by atoms with Crippen LogP contribution in [0.5, 0.6) is 0 Å². The van der Waals surface area contributed by atoms with E-state index in [0.29, 0.717) is 39.0 Å². The van der Waals surface area contributed by atoms with Crippen LogP contribution in [-0.2, 0) is 0 Å². The molecule has 0 unspecified atom stereocenters. The van der Waals surface area contributed by atoms with Crippen LogP contribution in [0.1, 0.15) is 34.6 Å². The summed E-state index contributed by atoms with van der Waals surface area (Å²) in [6.45, 7) is 3.46. The Labute approximate surface area is 227 Å². The number of amides is 1.